The molecule has 0 unspecified atom stereocenters. The third-order valence-electron chi connectivity index (χ3n) is 6.31. The molecule has 0 saturated carbocycles. The summed E-state index contributed by atoms with van der Waals surface area (Å²) in [7, 11) is 0. The SMILES string of the molecule is C=CC[C@]1(CC)CCCN(C/C=C/C[C@]2(CC)CCCNC2=O)C1=O. The lowest BCUT2D eigenvalue weighted by Gasteiger charge is -2.40. The van der Waals surface area contributed by atoms with Crippen LogP contribution in [0.15, 0.2) is 24.8 Å². The first-order chi connectivity index (χ1) is 12.0. The molecule has 4 heteroatoms. The van der Waals surface area contributed by atoms with Gasteiger partial charge in [0.05, 0.1) is 10.8 Å². The van der Waals surface area contributed by atoms with Gasteiger partial charge in [0.2, 0.25) is 11.8 Å². The van der Waals surface area contributed by atoms with E-state index in [9.17, 15) is 9.59 Å². The van der Waals surface area contributed by atoms with Crippen molar-refractivity contribution in [2.24, 2.45) is 10.8 Å². The van der Waals surface area contributed by atoms with E-state index in [1.165, 1.54) is 0 Å². The quantitative estimate of drug-likeness (QED) is 0.679. The molecule has 0 aromatic heterocycles. The summed E-state index contributed by atoms with van der Waals surface area (Å²) in [6.07, 6.45) is 13.4. The van der Waals surface area contributed by atoms with Gasteiger partial charge in [0, 0.05) is 19.6 Å². The Kier molecular flexibility index (Phi) is 6.86. The molecule has 2 heterocycles. The average molecular weight is 347 g/mol. The molecule has 0 radical (unpaired) electrons. The highest BCUT2D eigenvalue weighted by molar-refractivity contribution is 5.84. The van der Waals surface area contributed by atoms with Crippen LogP contribution in [0.4, 0.5) is 0 Å². The minimum Gasteiger partial charge on any atom is -0.356 e. The standard InChI is InChI=1S/C21H34N2O2/c1-4-11-21(6-3)14-10-17-23(19(21)25)16-8-7-12-20(5-2)13-9-15-22-18(20)24/h4,7-8H,1,5-6,9-17H2,2-3H3,(H,22,24)/b8-7+/t20-,21-/m1/s1. The van der Waals surface area contributed by atoms with Gasteiger partial charge in [-0.2, -0.15) is 0 Å². The van der Waals surface area contributed by atoms with Crippen molar-refractivity contribution in [3.63, 3.8) is 0 Å². The first kappa shape index (κ1) is 19.7. The first-order valence-electron chi connectivity index (χ1n) is 9.87. The molecule has 0 aromatic rings. The predicted molar refractivity (Wildman–Crippen MR) is 102 cm³/mol. The minimum atomic E-state index is -0.253. The number of hydrogen-bond donors (Lipinski definition) is 1. The third-order valence-corrected chi connectivity index (χ3v) is 6.31. The van der Waals surface area contributed by atoms with Crippen LogP contribution in [0.3, 0.4) is 0 Å². The van der Waals surface area contributed by atoms with Crippen LogP contribution in [0.1, 0.15) is 65.2 Å². The van der Waals surface area contributed by atoms with Crippen molar-refractivity contribution < 1.29 is 9.59 Å². The highest BCUT2D eigenvalue weighted by Gasteiger charge is 2.41. The van der Waals surface area contributed by atoms with Gasteiger partial charge in [-0.05, 0) is 51.4 Å². The molecule has 140 valence electrons. The van der Waals surface area contributed by atoms with Gasteiger partial charge < -0.3 is 10.2 Å². The molecule has 2 fully saturated rings. The molecule has 1 N–H and O–H groups in total. The Morgan fingerprint density at radius 2 is 1.80 bits per heavy atom. The maximum absolute atomic E-state index is 12.9. The monoisotopic (exact) mass is 346 g/mol. The predicted octanol–water partition coefficient (Wildman–Crippen LogP) is 3.83. The summed E-state index contributed by atoms with van der Waals surface area (Å²) in [6, 6.07) is 0. The van der Waals surface area contributed by atoms with Crippen LogP contribution >= 0.6 is 0 Å². The van der Waals surface area contributed by atoms with Crippen molar-refractivity contribution in [3.05, 3.63) is 24.8 Å². The molecule has 0 spiro atoms. The van der Waals surface area contributed by atoms with Crippen LogP contribution in [0.5, 0.6) is 0 Å². The molecule has 2 aliphatic rings. The molecule has 25 heavy (non-hydrogen) atoms. The lowest BCUT2D eigenvalue weighted by atomic mass is 9.74. The van der Waals surface area contributed by atoms with E-state index in [4.69, 9.17) is 0 Å². The van der Waals surface area contributed by atoms with E-state index in [1.807, 2.05) is 11.0 Å². The van der Waals surface area contributed by atoms with Crippen LogP contribution < -0.4 is 5.32 Å². The summed E-state index contributed by atoms with van der Waals surface area (Å²) < 4.78 is 0. The second-order valence-corrected chi connectivity index (χ2v) is 7.65. The first-order valence-corrected chi connectivity index (χ1v) is 9.87. The van der Waals surface area contributed by atoms with E-state index in [1.54, 1.807) is 0 Å². The van der Waals surface area contributed by atoms with Gasteiger partial charge in [0.1, 0.15) is 0 Å². The lowest BCUT2D eigenvalue weighted by Crippen LogP contribution is -2.48. The molecule has 2 aliphatic heterocycles. The van der Waals surface area contributed by atoms with E-state index >= 15 is 0 Å². The second-order valence-electron chi connectivity index (χ2n) is 7.65. The zero-order chi connectivity index (χ0) is 18.3. The molecule has 2 atom stereocenters. The number of piperidine rings is 2. The van der Waals surface area contributed by atoms with E-state index in [0.29, 0.717) is 6.54 Å². The van der Waals surface area contributed by atoms with Crippen LogP contribution in [0, 0.1) is 10.8 Å². The second kappa shape index (κ2) is 8.68. The van der Waals surface area contributed by atoms with Crippen LogP contribution in [0.2, 0.25) is 0 Å². The molecule has 0 bridgehead atoms. The van der Waals surface area contributed by atoms with E-state index in [-0.39, 0.29) is 22.6 Å². The number of carbonyl (C=O) groups excluding carboxylic acids is 2. The number of nitrogens with one attached hydrogen (secondary N) is 1. The van der Waals surface area contributed by atoms with Gasteiger partial charge in [0.15, 0.2) is 0 Å². The van der Waals surface area contributed by atoms with Gasteiger partial charge >= 0.3 is 0 Å². The number of hydrogen-bond acceptors (Lipinski definition) is 2. The summed E-state index contributed by atoms with van der Waals surface area (Å²) in [5.41, 5.74) is -0.502. The highest BCUT2D eigenvalue weighted by atomic mass is 16.2. The van der Waals surface area contributed by atoms with E-state index < -0.39 is 0 Å². The number of carbonyl (C=O) groups is 2. The Morgan fingerprint density at radius 1 is 1.08 bits per heavy atom. The number of likely N-dealkylation sites (tertiary alicyclic amines) is 1. The van der Waals surface area contributed by atoms with Crippen molar-refractivity contribution in [2.45, 2.75) is 65.2 Å². The summed E-state index contributed by atoms with van der Waals surface area (Å²) in [4.78, 5) is 27.2. The van der Waals surface area contributed by atoms with Crippen molar-refractivity contribution in [1.82, 2.24) is 10.2 Å². The summed E-state index contributed by atoms with van der Waals surface area (Å²) in [5.74, 6) is 0.461. The molecule has 0 aromatic carbocycles. The van der Waals surface area contributed by atoms with Crippen LogP contribution in [-0.2, 0) is 9.59 Å². The average Bonchev–Trinajstić information content (AvgIpc) is 2.63. The maximum atomic E-state index is 12.9. The fourth-order valence-corrected chi connectivity index (χ4v) is 4.38. The molecular weight excluding hydrogens is 312 g/mol. The maximum Gasteiger partial charge on any atom is 0.229 e. The van der Waals surface area contributed by atoms with Crippen LogP contribution in [-0.4, -0.2) is 36.3 Å². The fraction of sp³-hybridized carbons (Fsp3) is 0.714. The van der Waals surface area contributed by atoms with Gasteiger partial charge in [-0.1, -0.05) is 32.1 Å². The number of allylic oxidation sites excluding steroid dienone is 2. The van der Waals surface area contributed by atoms with Crippen LogP contribution in [0.25, 0.3) is 0 Å². The van der Waals surface area contributed by atoms with Crippen molar-refractivity contribution in [2.75, 3.05) is 19.6 Å². The molecule has 0 aliphatic carbocycles. The molecule has 2 amide bonds. The summed E-state index contributed by atoms with van der Waals surface area (Å²) >= 11 is 0. The van der Waals surface area contributed by atoms with Gasteiger partial charge in [0.25, 0.3) is 0 Å². The zero-order valence-electron chi connectivity index (χ0n) is 16.0. The number of amides is 2. The normalized spacial score (nSPS) is 30.6. The van der Waals surface area contributed by atoms with E-state index in [2.05, 4.69) is 37.9 Å². The summed E-state index contributed by atoms with van der Waals surface area (Å²) in [5, 5.41) is 3.01. The van der Waals surface area contributed by atoms with Gasteiger partial charge in [-0.3, -0.25) is 9.59 Å². The Hall–Kier alpha value is -1.58. The largest absolute Gasteiger partial charge is 0.356 e. The van der Waals surface area contributed by atoms with Crippen molar-refractivity contribution in [3.8, 4) is 0 Å². The topological polar surface area (TPSA) is 49.4 Å². The Labute approximate surface area is 152 Å². The Morgan fingerprint density at radius 3 is 2.44 bits per heavy atom. The number of nitrogens with zero attached hydrogens (tertiary/aromatic N) is 1. The molecule has 4 nitrogen and oxygen atoms in total. The molecular formula is C21H34N2O2. The highest BCUT2D eigenvalue weighted by Crippen LogP contribution is 2.38. The van der Waals surface area contributed by atoms with Gasteiger partial charge in [-0.15, -0.1) is 6.58 Å². The van der Waals surface area contributed by atoms with Gasteiger partial charge in [-0.25, -0.2) is 0 Å². The van der Waals surface area contributed by atoms with Crippen molar-refractivity contribution >= 4 is 11.8 Å². The lowest BCUT2D eigenvalue weighted by molar-refractivity contribution is -0.146. The zero-order valence-corrected chi connectivity index (χ0v) is 16.0. The Balaban J connectivity index is 1.95. The van der Waals surface area contributed by atoms with E-state index in [0.717, 1.165) is 64.5 Å². The molecule has 2 rings (SSSR count). The smallest absolute Gasteiger partial charge is 0.229 e. The van der Waals surface area contributed by atoms with Crippen molar-refractivity contribution in [1.29, 1.82) is 0 Å². The fourth-order valence-electron chi connectivity index (χ4n) is 4.38. The minimum absolute atomic E-state index is 0.191. The molecule has 2 saturated heterocycles. The Bertz CT molecular complexity index is 528. The summed E-state index contributed by atoms with van der Waals surface area (Å²) in [6.45, 7) is 10.3. The third kappa shape index (κ3) is 4.16. The number of rotatable bonds is 8.